The molecular formula is C13H19N5O2. The zero-order valence-electron chi connectivity index (χ0n) is 12.0. The van der Waals surface area contributed by atoms with E-state index in [0.717, 1.165) is 24.4 Å². The predicted octanol–water partition coefficient (Wildman–Crippen LogP) is 0.725. The molecule has 2 aromatic rings. The lowest BCUT2D eigenvalue weighted by atomic mass is 10.1. The van der Waals surface area contributed by atoms with E-state index >= 15 is 0 Å². The number of rotatable bonds is 2. The van der Waals surface area contributed by atoms with Crippen LogP contribution in [0.3, 0.4) is 0 Å². The molecular weight excluding hydrogens is 258 g/mol. The van der Waals surface area contributed by atoms with Gasteiger partial charge in [0.1, 0.15) is 22.8 Å². The highest BCUT2D eigenvalue weighted by molar-refractivity contribution is 5.83. The van der Waals surface area contributed by atoms with E-state index in [2.05, 4.69) is 24.8 Å². The van der Waals surface area contributed by atoms with Crippen LogP contribution in [0.5, 0.6) is 0 Å². The molecule has 1 fully saturated rings. The van der Waals surface area contributed by atoms with Gasteiger partial charge < -0.3 is 19.7 Å². The number of aliphatic hydroxyl groups is 1. The van der Waals surface area contributed by atoms with Gasteiger partial charge in [0, 0.05) is 13.1 Å². The molecule has 0 atom stereocenters. The zero-order chi connectivity index (χ0) is 14.3. The number of imidazole rings is 1. The number of nitrogens with zero attached hydrogens (tertiary/aromatic N) is 4. The van der Waals surface area contributed by atoms with E-state index in [-0.39, 0.29) is 0 Å². The van der Waals surface area contributed by atoms with Gasteiger partial charge in [-0.15, -0.1) is 0 Å². The van der Waals surface area contributed by atoms with Crippen LogP contribution in [0.1, 0.15) is 25.5 Å². The van der Waals surface area contributed by atoms with Crippen molar-refractivity contribution < 1.29 is 9.84 Å². The number of ether oxygens (including phenoxy) is 1. The largest absolute Gasteiger partial charge is 0.383 e. The Bertz CT molecular complexity index is 625. The van der Waals surface area contributed by atoms with Crippen LogP contribution < -0.4 is 4.90 Å². The number of hydrogen-bond donors (Lipinski definition) is 2. The van der Waals surface area contributed by atoms with Crippen molar-refractivity contribution in [3.8, 4) is 0 Å². The lowest BCUT2D eigenvalue weighted by Crippen LogP contribution is -2.37. The van der Waals surface area contributed by atoms with Crippen molar-refractivity contribution in [1.29, 1.82) is 0 Å². The third kappa shape index (κ3) is 2.34. The van der Waals surface area contributed by atoms with Crippen molar-refractivity contribution in [2.75, 3.05) is 31.2 Å². The monoisotopic (exact) mass is 277 g/mol. The maximum absolute atomic E-state index is 10.1. The minimum atomic E-state index is -1.03. The average molecular weight is 277 g/mol. The Balaban J connectivity index is 2.12. The molecule has 1 aliphatic heterocycles. The number of hydrogen-bond acceptors (Lipinski definition) is 6. The molecule has 1 aliphatic rings. The molecule has 7 nitrogen and oxygen atoms in total. The molecule has 1 saturated heterocycles. The number of fused-ring (bicyclic) bond motifs is 1. The summed E-state index contributed by atoms with van der Waals surface area (Å²) in [5.41, 5.74) is 0.336. The first kappa shape index (κ1) is 13.3. The number of anilines is 1. The van der Waals surface area contributed by atoms with Crippen LogP contribution in [0.25, 0.3) is 11.2 Å². The van der Waals surface area contributed by atoms with Crippen LogP contribution in [0.15, 0.2) is 0 Å². The van der Waals surface area contributed by atoms with Gasteiger partial charge in [0.2, 0.25) is 0 Å². The van der Waals surface area contributed by atoms with Crippen LogP contribution in [0.4, 0.5) is 5.82 Å². The van der Waals surface area contributed by atoms with Gasteiger partial charge in [-0.25, -0.2) is 15.0 Å². The Labute approximate surface area is 117 Å². The Morgan fingerprint density at radius 3 is 2.55 bits per heavy atom. The number of aromatic nitrogens is 4. The van der Waals surface area contributed by atoms with E-state index < -0.39 is 5.60 Å². The Kier molecular flexibility index (Phi) is 3.10. The van der Waals surface area contributed by atoms with E-state index in [4.69, 9.17) is 4.74 Å². The minimum Gasteiger partial charge on any atom is -0.383 e. The summed E-state index contributed by atoms with van der Waals surface area (Å²) in [6.45, 7) is 8.21. The fourth-order valence-corrected chi connectivity index (χ4v) is 2.28. The molecule has 2 aromatic heterocycles. The Hall–Kier alpha value is -1.73. The number of nitrogens with one attached hydrogen (secondary N) is 1. The summed E-state index contributed by atoms with van der Waals surface area (Å²) in [6.07, 6.45) is 0. The molecule has 3 rings (SSSR count). The molecule has 0 bridgehead atoms. The molecule has 0 aliphatic carbocycles. The molecule has 0 aromatic carbocycles. The third-order valence-electron chi connectivity index (χ3n) is 3.33. The van der Waals surface area contributed by atoms with Crippen molar-refractivity contribution in [1.82, 2.24) is 19.9 Å². The first-order valence-corrected chi connectivity index (χ1v) is 6.75. The standard InChI is InChI=1S/C13H19N5O2/c1-8-14-10-9(16-12(17-10)13(2,3)19)11(15-8)18-4-6-20-7-5-18/h19H,4-7H2,1-3H3,(H,14,15,16,17). The van der Waals surface area contributed by atoms with Crippen LogP contribution in [-0.2, 0) is 10.3 Å². The normalized spacial score (nSPS) is 16.9. The summed E-state index contributed by atoms with van der Waals surface area (Å²) in [5.74, 6) is 2.01. The van der Waals surface area contributed by atoms with Gasteiger partial charge in [0.05, 0.1) is 13.2 Å². The van der Waals surface area contributed by atoms with Gasteiger partial charge in [-0.05, 0) is 20.8 Å². The fraction of sp³-hybridized carbons (Fsp3) is 0.615. The van der Waals surface area contributed by atoms with Gasteiger partial charge in [-0.1, -0.05) is 0 Å². The number of H-pyrrole nitrogens is 1. The number of aryl methyl sites for hydroxylation is 1. The molecule has 0 saturated carbocycles. The van der Waals surface area contributed by atoms with Crippen molar-refractivity contribution in [2.45, 2.75) is 26.4 Å². The minimum absolute atomic E-state index is 0.502. The highest BCUT2D eigenvalue weighted by atomic mass is 16.5. The molecule has 0 unspecified atom stereocenters. The number of aromatic amines is 1. The van der Waals surface area contributed by atoms with Crippen molar-refractivity contribution in [3.63, 3.8) is 0 Å². The smallest absolute Gasteiger partial charge is 0.183 e. The van der Waals surface area contributed by atoms with Gasteiger partial charge >= 0.3 is 0 Å². The molecule has 3 heterocycles. The second kappa shape index (κ2) is 4.68. The van der Waals surface area contributed by atoms with E-state index in [0.29, 0.717) is 30.5 Å². The summed E-state index contributed by atoms with van der Waals surface area (Å²) in [4.78, 5) is 18.6. The Morgan fingerprint density at radius 2 is 1.90 bits per heavy atom. The number of morpholine rings is 1. The summed E-state index contributed by atoms with van der Waals surface area (Å²) >= 11 is 0. The molecule has 7 heteroatoms. The summed E-state index contributed by atoms with van der Waals surface area (Å²) in [6, 6.07) is 0. The zero-order valence-corrected chi connectivity index (χ0v) is 12.0. The maximum Gasteiger partial charge on any atom is 0.183 e. The van der Waals surface area contributed by atoms with Gasteiger partial charge in [-0.3, -0.25) is 0 Å². The second-order valence-electron chi connectivity index (χ2n) is 5.54. The van der Waals surface area contributed by atoms with Crippen molar-refractivity contribution >= 4 is 17.0 Å². The van der Waals surface area contributed by atoms with Crippen LogP contribution in [0.2, 0.25) is 0 Å². The first-order chi connectivity index (χ1) is 9.45. The fourth-order valence-electron chi connectivity index (χ4n) is 2.28. The van der Waals surface area contributed by atoms with Crippen LogP contribution in [-0.4, -0.2) is 51.3 Å². The van der Waals surface area contributed by atoms with E-state index in [1.54, 1.807) is 13.8 Å². The predicted molar refractivity (Wildman–Crippen MR) is 74.7 cm³/mol. The van der Waals surface area contributed by atoms with Crippen LogP contribution >= 0.6 is 0 Å². The van der Waals surface area contributed by atoms with E-state index in [9.17, 15) is 5.11 Å². The van der Waals surface area contributed by atoms with Gasteiger partial charge in [0.25, 0.3) is 0 Å². The van der Waals surface area contributed by atoms with Crippen molar-refractivity contribution in [2.24, 2.45) is 0 Å². The van der Waals surface area contributed by atoms with Crippen molar-refractivity contribution in [3.05, 3.63) is 11.6 Å². The molecule has 108 valence electrons. The molecule has 20 heavy (non-hydrogen) atoms. The SMILES string of the molecule is Cc1nc(N2CCOCC2)c2[nH]c(C(C)(C)O)nc2n1. The average Bonchev–Trinajstić information content (AvgIpc) is 2.82. The molecule has 0 amide bonds. The third-order valence-corrected chi connectivity index (χ3v) is 3.33. The lowest BCUT2D eigenvalue weighted by Gasteiger charge is -2.28. The van der Waals surface area contributed by atoms with Gasteiger partial charge in [0.15, 0.2) is 11.5 Å². The van der Waals surface area contributed by atoms with Gasteiger partial charge in [-0.2, -0.15) is 0 Å². The lowest BCUT2D eigenvalue weighted by molar-refractivity contribution is 0.0700. The summed E-state index contributed by atoms with van der Waals surface area (Å²) < 4.78 is 5.37. The first-order valence-electron chi connectivity index (χ1n) is 6.75. The van der Waals surface area contributed by atoms with Crippen LogP contribution in [0, 0.1) is 6.92 Å². The molecule has 0 spiro atoms. The Morgan fingerprint density at radius 1 is 1.20 bits per heavy atom. The summed E-state index contributed by atoms with van der Waals surface area (Å²) in [5, 5.41) is 10.1. The maximum atomic E-state index is 10.1. The molecule has 2 N–H and O–H groups in total. The highest BCUT2D eigenvalue weighted by Crippen LogP contribution is 2.26. The summed E-state index contributed by atoms with van der Waals surface area (Å²) in [7, 11) is 0. The van der Waals surface area contributed by atoms with E-state index in [1.165, 1.54) is 0 Å². The quantitative estimate of drug-likeness (QED) is 0.841. The topological polar surface area (TPSA) is 87.2 Å². The highest BCUT2D eigenvalue weighted by Gasteiger charge is 2.24. The second-order valence-corrected chi connectivity index (χ2v) is 5.54. The molecule has 0 radical (unpaired) electrons. The van der Waals surface area contributed by atoms with E-state index in [1.807, 2.05) is 6.92 Å².